The number of hydrogen-bond acceptors (Lipinski definition) is 3. The first-order valence-corrected chi connectivity index (χ1v) is 8.16. The standard InChI is InChI=1S/C10H11BrCl2N2O3S/c1-6(16)14-2-3-15-19(17,18)10-8(12)4-7(11)5-9(10)13/h4-5,15H,2-3H2,1H3,(H,14,16). The van der Waals surface area contributed by atoms with Crippen LogP contribution >= 0.6 is 39.1 Å². The highest BCUT2D eigenvalue weighted by Gasteiger charge is 2.21. The maximum absolute atomic E-state index is 12.0. The Morgan fingerprint density at radius 1 is 1.26 bits per heavy atom. The molecule has 0 fully saturated rings. The fourth-order valence-corrected chi connectivity index (χ4v) is 4.25. The number of hydrogen-bond donors (Lipinski definition) is 2. The quantitative estimate of drug-likeness (QED) is 0.757. The molecule has 0 radical (unpaired) electrons. The van der Waals surface area contributed by atoms with Crippen LogP contribution in [0.5, 0.6) is 0 Å². The van der Waals surface area contributed by atoms with E-state index in [0.29, 0.717) is 4.47 Å². The molecule has 0 bridgehead atoms. The van der Waals surface area contributed by atoms with Gasteiger partial charge in [0.1, 0.15) is 4.90 Å². The molecule has 0 saturated carbocycles. The van der Waals surface area contributed by atoms with Gasteiger partial charge in [0.2, 0.25) is 15.9 Å². The largest absolute Gasteiger partial charge is 0.355 e. The molecule has 1 aromatic carbocycles. The second-order valence-electron chi connectivity index (χ2n) is 3.58. The van der Waals surface area contributed by atoms with Crippen LogP contribution in [-0.2, 0) is 14.8 Å². The first kappa shape index (κ1) is 16.7. The Hall–Kier alpha value is -0.340. The molecule has 9 heteroatoms. The summed E-state index contributed by atoms with van der Waals surface area (Å²) in [7, 11) is -3.82. The molecule has 0 aliphatic rings. The summed E-state index contributed by atoms with van der Waals surface area (Å²) in [4.78, 5) is 10.5. The van der Waals surface area contributed by atoms with Crippen molar-refractivity contribution >= 4 is 55.1 Å². The predicted molar refractivity (Wildman–Crippen MR) is 78.0 cm³/mol. The van der Waals surface area contributed by atoms with Crippen molar-refractivity contribution in [2.75, 3.05) is 13.1 Å². The molecule has 0 aliphatic heterocycles. The molecule has 19 heavy (non-hydrogen) atoms. The molecule has 0 aromatic heterocycles. The van der Waals surface area contributed by atoms with E-state index in [2.05, 4.69) is 26.0 Å². The lowest BCUT2D eigenvalue weighted by Crippen LogP contribution is -2.33. The van der Waals surface area contributed by atoms with E-state index in [1.54, 1.807) is 0 Å². The fourth-order valence-electron chi connectivity index (χ4n) is 1.28. The maximum Gasteiger partial charge on any atom is 0.243 e. The van der Waals surface area contributed by atoms with Gasteiger partial charge in [-0.1, -0.05) is 39.1 Å². The number of halogens is 3. The molecule has 0 spiro atoms. The van der Waals surface area contributed by atoms with E-state index in [4.69, 9.17) is 23.2 Å². The van der Waals surface area contributed by atoms with Crippen molar-refractivity contribution in [1.82, 2.24) is 10.0 Å². The minimum Gasteiger partial charge on any atom is -0.355 e. The predicted octanol–water partition coefficient (Wildman–Crippen LogP) is 2.17. The molecule has 0 aliphatic carbocycles. The summed E-state index contributed by atoms with van der Waals surface area (Å²) in [6.07, 6.45) is 0. The molecule has 106 valence electrons. The van der Waals surface area contributed by atoms with Gasteiger partial charge in [-0.2, -0.15) is 0 Å². The van der Waals surface area contributed by atoms with Gasteiger partial charge in [0.15, 0.2) is 0 Å². The van der Waals surface area contributed by atoms with Crippen molar-refractivity contribution < 1.29 is 13.2 Å². The number of sulfonamides is 1. The van der Waals surface area contributed by atoms with Gasteiger partial charge in [-0.25, -0.2) is 13.1 Å². The van der Waals surface area contributed by atoms with Crippen LogP contribution in [0.15, 0.2) is 21.5 Å². The first-order valence-electron chi connectivity index (χ1n) is 5.12. The van der Waals surface area contributed by atoms with Crippen molar-refractivity contribution in [1.29, 1.82) is 0 Å². The molecular formula is C10H11BrCl2N2O3S. The monoisotopic (exact) mass is 388 g/mol. The SMILES string of the molecule is CC(=O)NCCNS(=O)(=O)c1c(Cl)cc(Br)cc1Cl. The number of rotatable bonds is 5. The smallest absolute Gasteiger partial charge is 0.243 e. The van der Waals surface area contributed by atoms with E-state index >= 15 is 0 Å². The van der Waals surface area contributed by atoms with Crippen LogP contribution in [0.1, 0.15) is 6.92 Å². The van der Waals surface area contributed by atoms with Crippen LogP contribution in [-0.4, -0.2) is 27.4 Å². The van der Waals surface area contributed by atoms with Gasteiger partial charge in [-0.05, 0) is 12.1 Å². The van der Waals surface area contributed by atoms with E-state index in [0.717, 1.165) is 0 Å². The van der Waals surface area contributed by atoms with Crippen LogP contribution in [0.3, 0.4) is 0 Å². The minimum absolute atomic E-state index is 0.0198. The molecule has 0 unspecified atom stereocenters. The Morgan fingerprint density at radius 2 is 1.79 bits per heavy atom. The van der Waals surface area contributed by atoms with Crippen LogP contribution in [0.2, 0.25) is 10.0 Å². The first-order chi connectivity index (χ1) is 8.74. The average Bonchev–Trinajstić information content (AvgIpc) is 2.22. The lowest BCUT2D eigenvalue weighted by atomic mass is 10.4. The third kappa shape index (κ3) is 4.92. The van der Waals surface area contributed by atoms with Gasteiger partial charge in [0.05, 0.1) is 10.0 Å². The summed E-state index contributed by atoms with van der Waals surface area (Å²) < 4.78 is 26.9. The second-order valence-corrected chi connectivity index (χ2v) is 7.01. The molecule has 2 N–H and O–H groups in total. The highest BCUT2D eigenvalue weighted by Crippen LogP contribution is 2.32. The van der Waals surface area contributed by atoms with Gasteiger partial charge < -0.3 is 5.32 Å². The lowest BCUT2D eigenvalue weighted by molar-refractivity contribution is -0.118. The van der Waals surface area contributed by atoms with E-state index in [1.807, 2.05) is 0 Å². The summed E-state index contributed by atoms with van der Waals surface area (Å²) in [5.41, 5.74) is 0. The summed E-state index contributed by atoms with van der Waals surface area (Å²) in [5, 5.41) is 2.51. The van der Waals surface area contributed by atoms with Crippen molar-refractivity contribution in [2.24, 2.45) is 0 Å². The van der Waals surface area contributed by atoms with Crippen molar-refractivity contribution in [2.45, 2.75) is 11.8 Å². The van der Waals surface area contributed by atoms with Crippen LogP contribution < -0.4 is 10.0 Å². The van der Waals surface area contributed by atoms with Crippen molar-refractivity contribution in [3.05, 3.63) is 26.7 Å². The third-order valence-electron chi connectivity index (χ3n) is 2.02. The summed E-state index contributed by atoms with van der Waals surface area (Å²) in [6.45, 7) is 1.57. The summed E-state index contributed by atoms with van der Waals surface area (Å²) in [6, 6.07) is 2.88. The number of benzene rings is 1. The number of carbonyl (C=O) groups excluding carboxylic acids is 1. The Labute approximate surface area is 129 Å². The molecule has 5 nitrogen and oxygen atoms in total. The Kier molecular flexibility index (Phi) is 6.07. The Morgan fingerprint density at radius 3 is 2.26 bits per heavy atom. The summed E-state index contributed by atoms with van der Waals surface area (Å²) >= 11 is 14.9. The zero-order valence-corrected chi connectivity index (χ0v) is 13.8. The second kappa shape index (κ2) is 6.90. The number of nitrogens with one attached hydrogen (secondary N) is 2. The number of amides is 1. The van der Waals surface area contributed by atoms with E-state index in [-0.39, 0.29) is 33.9 Å². The van der Waals surface area contributed by atoms with E-state index in [1.165, 1.54) is 19.1 Å². The molecule has 0 atom stereocenters. The highest BCUT2D eigenvalue weighted by molar-refractivity contribution is 9.10. The fraction of sp³-hybridized carbons (Fsp3) is 0.300. The van der Waals surface area contributed by atoms with Crippen molar-refractivity contribution in [3.8, 4) is 0 Å². The van der Waals surface area contributed by atoms with E-state index < -0.39 is 10.0 Å². The Balaban J connectivity index is 2.86. The normalized spacial score (nSPS) is 11.4. The van der Waals surface area contributed by atoms with E-state index in [9.17, 15) is 13.2 Å². The molecule has 1 aromatic rings. The molecular weight excluding hydrogens is 379 g/mol. The van der Waals surface area contributed by atoms with Gasteiger partial charge in [0.25, 0.3) is 0 Å². The average molecular weight is 390 g/mol. The summed E-state index contributed by atoms with van der Waals surface area (Å²) in [5.74, 6) is -0.237. The lowest BCUT2D eigenvalue weighted by Gasteiger charge is -2.10. The van der Waals surface area contributed by atoms with Gasteiger partial charge in [-0.3, -0.25) is 4.79 Å². The highest BCUT2D eigenvalue weighted by atomic mass is 79.9. The number of carbonyl (C=O) groups is 1. The zero-order valence-electron chi connectivity index (χ0n) is 9.84. The minimum atomic E-state index is -3.82. The van der Waals surface area contributed by atoms with Crippen molar-refractivity contribution in [3.63, 3.8) is 0 Å². The molecule has 0 saturated heterocycles. The Bertz CT molecular complexity index is 569. The molecule has 1 amide bonds. The van der Waals surface area contributed by atoms with Gasteiger partial charge in [0, 0.05) is 24.5 Å². The maximum atomic E-state index is 12.0. The molecule has 0 heterocycles. The third-order valence-corrected chi connectivity index (χ3v) is 4.86. The van der Waals surface area contributed by atoms with Gasteiger partial charge >= 0.3 is 0 Å². The topological polar surface area (TPSA) is 75.3 Å². The van der Waals surface area contributed by atoms with Crippen LogP contribution in [0.4, 0.5) is 0 Å². The molecule has 1 rings (SSSR count). The zero-order chi connectivity index (χ0) is 14.6. The van der Waals surface area contributed by atoms with Crippen LogP contribution in [0, 0.1) is 0 Å². The van der Waals surface area contributed by atoms with Gasteiger partial charge in [-0.15, -0.1) is 0 Å². The van der Waals surface area contributed by atoms with Crippen LogP contribution in [0.25, 0.3) is 0 Å².